The van der Waals surface area contributed by atoms with Gasteiger partial charge in [-0.3, -0.25) is 30.0 Å². The highest BCUT2D eigenvalue weighted by atomic mass is 16.5. The minimum Gasteiger partial charge on any atom is -0.507 e. The fourth-order valence-corrected chi connectivity index (χ4v) is 5.97. The summed E-state index contributed by atoms with van der Waals surface area (Å²) < 4.78 is 15.8. The Kier molecular flexibility index (Phi) is 22.6. The van der Waals surface area contributed by atoms with Gasteiger partial charge in [0, 0.05) is 54.0 Å². The van der Waals surface area contributed by atoms with Gasteiger partial charge in [-0.15, -0.1) is 0 Å². The monoisotopic (exact) mass is 948 g/mol. The first-order chi connectivity index (χ1) is 33.4. The Hall–Kier alpha value is -7.89. The van der Waals surface area contributed by atoms with Crippen molar-refractivity contribution in [1.82, 2.24) is 0 Å². The van der Waals surface area contributed by atoms with Crippen molar-refractivity contribution in [2.45, 2.75) is 59.3 Å². The highest BCUT2D eigenvalue weighted by Gasteiger charge is 2.21. The topological polar surface area (TPSA) is 274 Å². The van der Waals surface area contributed by atoms with Gasteiger partial charge in [0.15, 0.2) is 0 Å². The lowest BCUT2D eigenvalue weighted by molar-refractivity contribution is 0.0490. The maximum atomic E-state index is 12.4. The summed E-state index contributed by atoms with van der Waals surface area (Å²) in [5, 5.41) is 64.8. The van der Waals surface area contributed by atoms with Crippen LogP contribution in [-0.4, -0.2) is 145 Å². The molecule has 69 heavy (non-hydrogen) atoms. The van der Waals surface area contributed by atoms with Crippen LogP contribution in [0.2, 0.25) is 0 Å². The fraction of sp³-hybridized carbons (Fsp3) is 0.353. The van der Waals surface area contributed by atoms with E-state index in [0.29, 0.717) is 16.7 Å². The van der Waals surface area contributed by atoms with Gasteiger partial charge in [-0.1, -0.05) is 40.0 Å². The summed E-state index contributed by atoms with van der Waals surface area (Å²) in [6, 6.07) is 12.9. The summed E-state index contributed by atoms with van der Waals surface area (Å²) in [5.41, 5.74) is 1.18. The number of carbonyl (C=O) groups is 3. The van der Waals surface area contributed by atoms with E-state index >= 15 is 0 Å². The molecule has 0 aliphatic carbocycles. The lowest BCUT2D eigenvalue weighted by atomic mass is 10.0. The van der Waals surface area contributed by atoms with Crippen molar-refractivity contribution in [3.63, 3.8) is 0 Å². The average molecular weight is 949 g/mol. The van der Waals surface area contributed by atoms with Crippen molar-refractivity contribution in [2.24, 2.45) is 30.0 Å². The first kappa shape index (κ1) is 53.7. The number of esters is 3. The summed E-state index contributed by atoms with van der Waals surface area (Å²) >= 11 is 0. The number of aromatic hydroxyl groups is 6. The Labute approximate surface area is 400 Å². The van der Waals surface area contributed by atoms with Gasteiger partial charge in [0.25, 0.3) is 0 Å². The summed E-state index contributed by atoms with van der Waals surface area (Å²) in [5.74, 6) is -3.45. The number of hydrogen-bond acceptors (Lipinski definition) is 18. The van der Waals surface area contributed by atoms with Crippen LogP contribution in [0.5, 0.6) is 34.5 Å². The number of phenols is 6. The second kappa shape index (κ2) is 29.0. The normalized spacial score (nSPS) is 11.9. The van der Waals surface area contributed by atoms with Gasteiger partial charge in [0.05, 0.1) is 92.5 Å². The summed E-state index contributed by atoms with van der Waals surface area (Å²) in [6.07, 6.45) is 12.6. The highest BCUT2D eigenvalue weighted by molar-refractivity contribution is 6.03. The first-order valence-electron chi connectivity index (χ1n) is 22.7. The number of carbonyl (C=O) groups excluding carboxylic acids is 3. The lowest BCUT2D eigenvalue weighted by Gasteiger charge is -2.12. The maximum absolute atomic E-state index is 12.4. The summed E-state index contributed by atoms with van der Waals surface area (Å²) in [4.78, 5) is 62.9. The molecule has 0 spiro atoms. The average Bonchev–Trinajstić information content (AvgIpc) is 3.34. The van der Waals surface area contributed by atoms with E-state index in [2.05, 4.69) is 30.0 Å². The molecule has 0 bridgehead atoms. The van der Waals surface area contributed by atoms with Gasteiger partial charge in [0.2, 0.25) is 0 Å². The Balaban J connectivity index is 1.50. The molecule has 0 aromatic heterocycles. The molecule has 0 saturated carbocycles. The van der Waals surface area contributed by atoms with Gasteiger partial charge in [-0.25, -0.2) is 14.4 Å². The Morgan fingerprint density at radius 1 is 0.406 bits per heavy atom. The second-order valence-electron chi connectivity index (χ2n) is 15.3. The molecule has 0 aliphatic heterocycles. The van der Waals surface area contributed by atoms with E-state index < -0.39 is 35.2 Å². The molecular weight excluding hydrogens is 889 g/mol. The predicted molar refractivity (Wildman–Crippen MR) is 266 cm³/mol. The van der Waals surface area contributed by atoms with Crippen LogP contribution in [0, 0.1) is 0 Å². The summed E-state index contributed by atoms with van der Waals surface area (Å²) in [7, 11) is 0. The maximum Gasteiger partial charge on any atom is 0.338 e. The SMILES string of the molecule is CCCCOC(=O)c1ccc(O)c(C=NCCN=Cc2c(O)c(C=NCCN=Cc3cc(C(=O)OCCCC)ccc3O)c(O)c(C=NCCN=Cc3cc(C(=O)OCCCC)ccc3O)c2O)c1. The number of phenolic OH excluding ortho intramolecular Hbond substituents is 6. The third-order valence-electron chi connectivity index (χ3n) is 9.94. The molecule has 0 saturated heterocycles. The molecule has 6 N–H and O–H groups in total. The quantitative estimate of drug-likeness (QED) is 0.0148. The minimum atomic E-state index is -0.539. The molecular formula is C51H60N6O12. The number of benzene rings is 4. The fourth-order valence-electron chi connectivity index (χ4n) is 5.97. The summed E-state index contributed by atoms with van der Waals surface area (Å²) in [6.45, 7) is 7.32. The van der Waals surface area contributed by atoms with Gasteiger partial charge in [-0.2, -0.15) is 0 Å². The van der Waals surface area contributed by atoms with Crippen LogP contribution in [0.25, 0.3) is 0 Å². The zero-order valence-electron chi connectivity index (χ0n) is 39.1. The number of aliphatic imine (C=N–C) groups is 6. The van der Waals surface area contributed by atoms with Crippen molar-refractivity contribution in [1.29, 1.82) is 0 Å². The Morgan fingerprint density at radius 2 is 0.652 bits per heavy atom. The zero-order chi connectivity index (χ0) is 50.0. The molecule has 0 aliphatic rings. The van der Waals surface area contributed by atoms with Crippen LogP contribution in [0.1, 0.15) is 124 Å². The molecule has 4 aromatic carbocycles. The molecule has 0 heterocycles. The number of unbranched alkanes of at least 4 members (excludes halogenated alkanes) is 3. The van der Waals surface area contributed by atoms with E-state index in [-0.39, 0.29) is 110 Å². The Bertz CT molecular complexity index is 2260. The molecule has 366 valence electrons. The highest BCUT2D eigenvalue weighted by Crippen LogP contribution is 2.39. The molecule has 0 amide bonds. The van der Waals surface area contributed by atoms with Crippen LogP contribution >= 0.6 is 0 Å². The molecule has 18 heteroatoms. The van der Waals surface area contributed by atoms with Crippen LogP contribution in [0.15, 0.2) is 84.6 Å². The molecule has 0 atom stereocenters. The number of nitrogens with zero attached hydrogens (tertiary/aromatic N) is 6. The lowest BCUT2D eigenvalue weighted by Crippen LogP contribution is -2.06. The van der Waals surface area contributed by atoms with E-state index in [4.69, 9.17) is 14.2 Å². The minimum absolute atomic E-state index is 0.0651. The van der Waals surface area contributed by atoms with Gasteiger partial charge < -0.3 is 44.8 Å². The largest absolute Gasteiger partial charge is 0.507 e. The standard InChI is InChI=1S/C51H60N6O12/c1-4-7-22-67-49(64)34-10-13-43(58)37(25-34)28-52-16-19-55-31-40-46(61)41(32-56-20-17-53-29-38-26-35(11-14-44(38)59)50(65)68-23-8-5-2)48(63)42(47(40)62)33-57-21-18-54-30-39-27-36(12-15-45(39)60)51(66)69-24-9-6-3/h10-15,25-33,58-63H,4-9,16-24H2,1-3H3. The second-order valence-corrected chi connectivity index (χ2v) is 15.3. The zero-order valence-corrected chi connectivity index (χ0v) is 39.1. The molecule has 0 unspecified atom stereocenters. The van der Waals surface area contributed by atoms with E-state index in [1.165, 1.54) is 91.9 Å². The molecule has 18 nitrogen and oxygen atoms in total. The smallest absolute Gasteiger partial charge is 0.338 e. The number of hydrogen-bond donors (Lipinski definition) is 6. The van der Waals surface area contributed by atoms with Crippen LogP contribution < -0.4 is 0 Å². The van der Waals surface area contributed by atoms with E-state index in [9.17, 15) is 45.0 Å². The first-order valence-corrected chi connectivity index (χ1v) is 22.7. The van der Waals surface area contributed by atoms with Crippen molar-refractivity contribution in [3.8, 4) is 34.5 Å². The van der Waals surface area contributed by atoms with Crippen molar-refractivity contribution in [2.75, 3.05) is 59.1 Å². The molecule has 0 fully saturated rings. The molecule has 4 aromatic rings. The van der Waals surface area contributed by atoms with Crippen molar-refractivity contribution >= 4 is 55.2 Å². The third-order valence-corrected chi connectivity index (χ3v) is 9.94. The van der Waals surface area contributed by atoms with Crippen molar-refractivity contribution < 1.29 is 59.2 Å². The van der Waals surface area contributed by atoms with Gasteiger partial charge >= 0.3 is 17.9 Å². The van der Waals surface area contributed by atoms with Crippen LogP contribution in [0.3, 0.4) is 0 Å². The van der Waals surface area contributed by atoms with E-state index in [1.54, 1.807) is 0 Å². The molecule has 0 radical (unpaired) electrons. The van der Waals surface area contributed by atoms with E-state index in [1.807, 2.05) is 20.8 Å². The predicted octanol–water partition coefficient (Wildman–Crippen LogP) is 7.40. The van der Waals surface area contributed by atoms with Gasteiger partial charge in [0.1, 0.15) is 34.5 Å². The number of ether oxygens (including phenoxy) is 3. The Morgan fingerprint density at radius 3 is 0.899 bits per heavy atom. The van der Waals surface area contributed by atoms with E-state index in [0.717, 1.165) is 38.5 Å². The van der Waals surface area contributed by atoms with Crippen molar-refractivity contribution in [3.05, 3.63) is 105 Å². The third kappa shape index (κ3) is 17.0. The molecule has 4 rings (SSSR count). The van der Waals surface area contributed by atoms with Crippen LogP contribution in [0.4, 0.5) is 0 Å². The number of rotatable bonds is 27. The van der Waals surface area contributed by atoms with Gasteiger partial charge in [-0.05, 0) is 73.9 Å². The van der Waals surface area contributed by atoms with Crippen LogP contribution in [-0.2, 0) is 14.2 Å².